The largest absolute Gasteiger partial charge is 0.264 e. The maximum atomic E-state index is 5.29. The smallest absolute Gasteiger partial charge is 0.164 e. The Hall–Kier alpha value is -6.44. The summed E-state index contributed by atoms with van der Waals surface area (Å²) < 4.78 is 0. The summed E-state index contributed by atoms with van der Waals surface area (Å²) >= 11 is 0. The van der Waals surface area contributed by atoms with Crippen molar-refractivity contribution < 1.29 is 0 Å². The number of allylic oxidation sites excluding steroid dienone is 10. The summed E-state index contributed by atoms with van der Waals surface area (Å²) in [5, 5.41) is 2.47. The summed E-state index contributed by atoms with van der Waals surface area (Å²) in [5.41, 5.74) is 11.0. The van der Waals surface area contributed by atoms with Gasteiger partial charge in [0.05, 0.1) is 0 Å². The molecule has 9 rings (SSSR count). The van der Waals surface area contributed by atoms with E-state index in [1.807, 2.05) is 30.6 Å². The monoisotopic (exact) mass is 724 g/mol. The first-order valence-corrected chi connectivity index (χ1v) is 19.9. The fraction of sp³-hybridized carbons (Fsp3) is 0.192. The molecular formula is C52H44N4. The Morgan fingerprint density at radius 1 is 0.786 bits per heavy atom. The van der Waals surface area contributed by atoms with Crippen LogP contribution < -0.4 is 0 Å². The third-order valence-corrected chi connectivity index (χ3v) is 11.4. The molecule has 2 aromatic heterocycles. The Kier molecular flexibility index (Phi) is 9.91. The van der Waals surface area contributed by atoms with Crippen molar-refractivity contribution in [2.45, 2.75) is 57.3 Å². The lowest BCUT2D eigenvalue weighted by Crippen LogP contribution is -2.10. The van der Waals surface area contributed by atoms with Crippen molar-refractivity contribution >= 4 is 16.3 Å². The molecule has 4 aromatic carbocycles. The standard InChI is InChI=1S/C52H44N4/c1-3-4-7-19-40(36-15-8-5-9-16-36)30-35(2)50-54-51(39-17-10-6-11-18-39)56-52(55-50)46-23-14-21-43-31-42-29-28-41(32-47(42)49(43)46)37-24-26-38(27-25-37)48-34-53-33-44-20-12-13-22-45(44)48/h5-6,8-18,20-26,28-30,32-35,38,42,47H,3,19,27,31H2,1-2H3/b40-30+. The van der Waals surface area contributed by atoms with Gasteiger partial charge in [0.2, 0.25) is 0 Å². The first-order chi connectivity index (χ1) is 27.6. The van der Waals surface area contributed by atoms with E-state index < -0.39 is 0 Å². The van der Waals surface area contributed by atoms with Crippen molar-refractivity contribution in [3.05, 3.63) is 197 Å². The average molecular weight is 725 g/mol. The van der Waals surface area contributed by atoms with Crippen LogP contribution in [0.5, 0.6) is 0 Å². The highest BCUT2D eigenvalue weighted by molar-refractivity contribution is 5.85. The number of fused-ring (bicyclic) bond motifs is 4. The second-order valence-electron chi connectivity index (χ2n) is 15.0. The molecule has 4 heteroatoms. The van der Waals surface area contributed by atoms with Crippen molar-refractivity contribution in [1.82, 2.24) is 19.9 Å². The number of benzene rings is 4. The molecule has 0 amide bonds. The SMILES string of the molecule is CCC#CC/C(=C\C(C)c1nc(-c2ccccc2)nc(-c2cccc3c2C2C=C(C4=CCC(c5cncc6ccccc56)C=C4)C=CC2C3)n1)c1ccccc1. The van der Waals surface area contributed by atoms with Gasteiger partial charge in [0.1, 0.15) is 5.82 Å². The maximum Gasteiger partial charge on any atom is 0.164 e. The van der Waals surface area contributed by atoms with E-state index in [1.54, 1.807) is 0 Å². The normalized spacial score (nSPS) is 19.0. The van der Waals surface area contributed by atoms with Gasteiger partial charge in [-0.3, -0.25) is 4.98 Å². The Morgan fingerprint density at radius 2 is 1.57 bits per heavy atom. The number of aromatic nitrogens is 4. The van der Waals surface area contributed by atoms with Crippen LogP contribution in [0.2, 0.25) is 0 Å². The first-order valence-electron chi connectivity index (χ1n) is 19.9. The molecule has 3 aliphatic rings. The summed E-state index contributed by atoms with van der Waals surface area (Å²) in [6.45, 7) is 4.27. The Balaban J connectivity index is 1.07. The minimum absolute atomic E-state index is 0.0648. The zero-order valence-corrected chi connectivity index (χ0v) is 31.9. The summed E-state index contributed by atoms with van der Waals surface area (Å²) in [5.74, 6) is 9.67. The van der Waals surface area contributed by atoms with E-state index in [2.05, 4.69) is 158 Å². The van der Waals surface area contributed by atoms with Crippen LogP contribution >= 0.6 is 0 Å². The lowest BCUT2D eigenvalue weighted by Gasteiger charge is -2.24. The van der Waals surface area contributed by atoms with Crippen molar-refractivity contribution in [2.75, 3.05) is 0 Å². The van der Waals surface area contributed by atoms with Crippen LogP contribution in [-0.2, 0) is 6.42 Å². The second-order valence-corrected chi connectivity index (χ2v) is 15.0. The summed E-state index contributed by atoms with van der Waals surface area (Å²) in [4.78, 5) is 20.2. The summed E-state index contributed by atoms with van der Waals surface area (Å²) in [7, 11) is 0. The van der Waals surface area contributed by atoms with Gasteiger partial charge in [-0.25, -0.2) is 15.0 Å². The Labute approximate surface area is 330 Å². The van der Waals surface area contributed by atoms with Crippen LogP contribution in [0.25, 0.3) is 39.1 Å². The van der Waals surface area contributed by atoms with Gasteiger partial charge >= 0.3 is 0 Å². The van der Waals surface area contributed by atoms with Crippen LogP contribution in [0.15, 0.2) is 169 Å². The quantitative estimate of drug-likeness (QED) is 0.147. The lowest BCUT2D eigenvalue weighted by molar-refractivity contribution is 0.627. The van der Waals surface area contributed by atoms with Crippen LogP contribution in [0, 0.1) is 17.8 Å². The molecule has 0 aliphatic heterocycles. The van der Waals surface area contributed by atoms with E-state index in [0.29, 0.717) is 24.1 Å². The fourth-order valence-electron chi connectivity index (χ4n) is 8.54. The van der Waals surface area contributed by atoms with E-state index in [1.165, 1.54) is 49.7 Å². The molecular weight excluding hydrogens is 681 g/mol. The number of nitrogens with zero attached hydrogens (tertiary/aromatic N) is 4. The number of hydrogen-bond acceptors (Lipinski definition) is 4. The van der Waals surface area contributed by atoms with E-state index >= 15 is 0 Å². The molecule has 272 valence electrons. The molecule has 3 aliphatic carbocycles. The van der Waals surface area contributed by atoms with Crippen molar-refractivity contribution in [3.63, 3.8) is 0 Å². The third kappa shape index (κ3) is 7.09. The molecule has 4 nitrogen and oxygen atoms in total. The number of pyridine rings is 1. The van der Waals surface area contributed by atoms with Gasteiger partial charge in [-0.05, 0) is 63.1 Å². The molecule has 0 spiro atoms. The van der Waals surface area contributed by atoms with Crippen molar-refractivity contribution in [3.8, 4) is 34.6 Å². The first kappa shape index (κ1) is 35.3. The molecule has 0 saturated heterocycles. The molecule has 0 fully saturated rings. The zero-order valence-electron chi connectivity index (χ0n) is 31.9. The molecule has 0 saturated carbocycles. The molecule has 0 bridgehead atoms. The van der Waals surface area contributed by atoms with Gasteiger partial charge in [-0.2, -0.15) is 0 Å². The minimum atomic E-state index is -0.0648. The maximum absolute atomic E-state index is 5.29. The highest BCUT2D eigenvalue weighted by atomic mass is 15.0. The van der Waals surface area contributed by atoms with Crippen LogP contribution in [-0.4, -0.2) is 19.9 Å². The van der Waals surface area contributed by atoms with Gasteiger partial charge < -0.3 is 0 Å². The van der Waals surface area contributed by atoms with Crippen LogP contribution in [0.3, 0.4) is 0 Å². The van der Waals surface area contributed by atoms with Crippen molar-refractivity contribution in [1.29, 1.82) is 0 Å². The predicted molar refractivity (Wildman–Crippen MR) is 230 cm³/mol. The van der Waals surface area contributed by atoms with Gasteiger partial charge in [-0.1, -0.05) is 165 Å². The average Bonchev–Trinajstić information content (AvgIpc) is 3.65. The molecule has 6 aromatic rings. The van der Waals surface area contributed by atoms with E-state index in [9.17, 15) is 0 Å². The molecule has 0 N–H and O–H groups in total. The van der Waals surface area contributed by atoms with Gasteiger partial charge in [0, 0.05) is 59.5 Å². The minimum Gasteiger partial charge on any atom is -0.264 e. The van der Waals surface area contributed by atoms with Gasteiger partial charge in [-0.15, -0.1) is 5.92 Å². The molecule has 4 unspecified atom stereocenters. The third-order valence-electron chi connectivity index (χ3n) is 11.4. The number of rotatable bonds is 8. The Bertz CT molecular complexity index is 2630. The van der Waals surface area contributed by atoms with Crippen LogP contribution in [0.4, 0.5) is 0 Å². The molecule has 2 heterocycles. The van der Waals surface area contributed by atoms with E-state index in [4.69, 9.17) is 15.0 Å². The zero-order chi connectivity index (χ0) is 37.8. The summed E-state index contributed by atoms with van der Waals surface area (Å²) in [6.07, 6.45) is 24.1. The molecule has 56 heavy (non-hydrogen) atoms. The Morgan fingerprint density at radius 3 is 2.39 bits per heavy atom. The van der Waals surface area contributed by atoms with E-state index in [0.717, 1.165) is 42.0 Å². The predicted octanol–water partition coefficient (Wildman–Crippen LogP) is 12.2. The number of hydrogen-bond donors (Lipinski definition) is 0. The van der Waals surface area contributed by atoms with Gasteiger partial charge in [0.15, 0.2) is 11.6 Å². The highest BCUT2D eigenvalue weighted by Crippen LogP contribution is 2.48. The fourth-order valence-corrected chi connectivity index (χ4v) is 8.54. The molecule has 4 atom stereocenters. The molecule has 0 radical (unpaired) electrons. The second kappa shape index (κ2) is 15.7. The van der Waals surface area contributed by atoms with Gasteiger partial charge in [0.25, 0.3) is 0 Å². The summed E-state index contributed by atoms with van der Waals surface area (Å²) in [6, 6.07) is 36.0. The highest BCUT2D eigenvalue weighted by Gasteiger charge is 2.35. The van der Waals surface area contributed by atoms with Crippen molar-refractivity contribution in [2.24, 2.45) is 5.92 Å². The lowest BCUT2D eigenvalue weighted by atomic mass is 9.80. The van der Waals surface area contributed by atoms with Crippen LogP contribution in [0.1, 0.15) is 78.9 Å². The topological polar surface area (TPSA) is 51.6 Å². The van der Waals surface area contributed by atoms with E-state index in [-0.39, 0.29) is 11.8 Å².